The van der Waals surface area contributed by atoms with Crippen molar-refractivity contribution in [1.82, 2.24) is 14.5 Å². The maximum Gasteiger partial charge on any atom is 0.226 e. The largest absolute Gasteiger partial charge is 0.299 e. The molecule has 0 aromatic heterocycles. The summed E-state index contributed by atoms with van der Waals surface area (Å²) in [7, 11) is 0. The van der Waals surface area contributed by atoms with Gasteiger partial charge in [-0.2, -0.15) is 0 Å². The Morgan fingerprint density at radius 3 is 2.38 bits per heavy atom. The normalized spacial score (nSPS) is 22.7. The van der Waals surface area contributed by atoms with E-state index in [9.17, 15) is 4.79 Å². The molecular weight excluding hydrogens is 380 g/mol. The molecule has 1 N–H and O–H groups in total. The van der Waals surface area contributed by atoms with E-state index in [1.807, 2.05) is 35.6 Å². The molecule has 0 spiro atoms. The Balaban J connectivity index is 1.54. The molecule has 0 saturated carbocycles. The topological polar surface area (TPSA) is 47.9 Å². The maximum atomic E-state index is 13.1. The van der Waals surface area contributed by atoms with E-state index in [0.717, 1.165) is 38.0 Å². The molecule has 2 heterocycles. The number of nitrogens with one attached hydrogen (secondary N) is 1. The number of hydrogen-bond donors (Lipinski definition) is 1. The molecule has 5 nitrogen and oxygen atoms in total. The van der Waals surface area contributed by atoms with Gasteiger partial charge in [0.1, 0.15) is 0 Å². The maximum absolute atomic E-state index is 13.1. The van der Waals surface area contributed by atoms with E-state index < -0.39 is 5.79 Å². The number of likely N-dealkylation sites (tertiary alicyclic amines) is 1. The Kier molecular flexibility index (Phi) is 6.33. The van der Waals surface area contributed by atoms with Gasteiger partial charge in [0.25, 0.3) is 0 Å². The fourth-order valence-electron chi connectivity index (χ4n) is 4.29. The summed E-state index contributed by atoms with van der Waals surface area (Å²) in [4.78, 5) is 22.4. The van der Waals surface area contributed by atoms with Gasteiger partial charge in [-0.1, -0.05) is 67.6 Å². The number of nitrogens with zero attached hydrogens (tertiary/aromatic N) is 3. The molecular formula is C23H28N4OS. The molecule has 2 aliphatic heterocycles. The predicted molar refractivity (Wildman–Crippen MR) is 119 cm³/mol. The Morgan fingerprint density at radius 1 is 1.14 bits per heavy atom. The zero-order chi connectivity index (χ0) is 20.1. The third-order valence-corrected chi connectivity index (χ3v) is 6.37. The fourth-order valence-corrected chi connectivity index (χ4v) is 4.98. The van der Waals surface area contributed by atoms with Crippen LogP contribution in [0.4, 0.5) is 0 Å². The summed E-state index contributed by atoms with van der Waals surface area (Å²) in [6.07, 6.45) is 2.38. The lowest BCUT2D eigenvalue weighted by Crippen LogP contribution is -2.59. The van der Waals surface area contributed by atoms with Gasteiger partial charge < -0.3 is 0 Å². The standard InChI is InChI=1S/C23H28N4OS/c1-2-22(28)27(23(24-18-29-25-23)20-11-7-4-8-12-20)21-13-15-26(16-14-21)17-19-9-5-3-6-10-19/h3-12,18,21,25H,2,13-17H2,1H3. The highest BCUT2D eigenvalue weighted by atomic mass is 32.2. The first-order valence-corrected chi connectivity index (χ1v) is 11.2. The fraction of sp³-hybridized carbons (Fsp3) is 0.391. The molecule has 2 aliphatic rings. The Bertz CT molecular complexity index is 836. The molecule has 0 radical (unpaired) electrons. The second-order valence-electron chi connectivity index (χ2n) is 7.60. The van der Waals surface area contributed by atoms with Gasteiger partial charge in [-0.3, -0.25) is 14.6 Å². The molecule has 29 heavy (non-hydrogen) atoms. The lowest BCUT2D eigenvalue weighted by atomic mass is 9.97. The van der Waals surface area contributed by atoms with Crippen LogP contribution >= 0.6 is 11.9 Å². The summed E-state index contributed by atoms with van der Waals surface area (Å²) < 4.78 is 3.44. The van der Waals surface area contributed by atoms with Crippen LogP contribution in [0, 0.1) is 0 Å². The first-order chi connectivity index (χ1) is 14.2. The first kappa shape index (κ1) is 20.1. The van der Waals surface area contributed by atoms with Gasteiger partial charge in [-0.05, 0) is 30.4 Å². The monoisotopic (exact) mass is 408 g/mol. The molecule has 1 atom stereocenters. The second-order valence-corrected chi connectivity index (χ2v) is 8.25. The summed E-state index contributed by atoms with van der Waals surface area (Å²) in [5, 5.41) is 0. The highest BCUT2D eigenvalue weighted by Gasteiger charge is 2.46. The quantitative estimate of drug-likeness (QED) is 0.735. The summed E-state index contributed by atoms with van der Waals surface area (Å²) in [5.41, 5.74) is 4.16. The Morgan fingerprint density at radius 2 is 1.79 bits per heavy atom. The van der Waals surface area contributed by atoms with Crippen LogP contribution < -0.4 is 4.72 Å². The van der Waals surface area contributed by atoms with Crippen LogP contribution in [-0.4, -0.2) is 40.4 Å². The number of carbonyl (C=O) groups is 1. The zero-order valence-corrected chi connectivity index (χ0v) is 17.6. The minimum Gasteiger partial charge on any atom is -0.299 e. The van der Waals surface area contributed by atoms with Crippen molar-refractivity contribution in [3.05, 3.63) is 71.8 Å². The van der Waals surface area contributed by atoms with E-state index in [0.29, 0.717) is 6.42 Å². The van der Waals surface area contributed by atoms with Crippen molar-refractivity contribution in [1.29, 1.82) is 0 Å². The summed E-state index contributed by atoms with van der Waals surface area (Å²) in [6, 6.07) is 20.9. The first-order valence-electron chi connectivity index (χ1n) is 10.3. The molecule has 1 amide bonds. The van der Waals surface area contributed by atoms with E-state index >= 15 is 0 Å². The Labute approximate surface area is 177 Å². The Hall–Kier alpha value is -2.15. The second kappa shape index (κ2) is 9.11. The molecule has 152 valence electrons. The molecule has 2 aromatic rings. The van der Waals surface area contributed by atoms with Gasteiger partial charge in [-0.15, -0.1) is 0 Å². The molecule has 1 fully saturated rings. The third kappa shape index (κ3) is 4.25. The van der Waals surface area contributed by atoms with Gasteiger partial charge in [0.2, 0.25) is 11.7 Å². The van der Waals surface area contributed by atoms with Gasteiger partial charge in [0.15, 0.2) is 0 Å². The van der Waals surface area contributed by atoms with Crippen molar-refractivity contribution >= 4 is 23.4 Å². The lowest BCUT2D eigenvalue weighted by Gasteiger charge is -2.46. The number of hydrogen-bond acceptors (Lipinski definition) is 5. The number of piperidine rings is 1. The van der Waals surface area contributed by atoms with Crippen LogP contribution in [0.3, 0.4) is 0 Å². The van der Waals surface area contributed by atoms with Crippen LogP contribution in [0.2, 0.25) is 0 Å². The number of rotatable bonds is 6. The minimum atomic E-state index is -0.814. The average Bonchev–Trinajstić information content (AvgIpc) is 3.27. The van der Waals surface area contributed by atoms with E-state index in [1.54, 1.807) is 0 Å². The molecule has 2 aromatic carbocycles. The van der Waals surface area contributed by atoms with Crippen molar-refractivity contribution < 1.29 is 4.79 Å². The molecule has 0 aliphatic carbocycles. The molecule has 6 heteroatoms. The average molecular weight is 409 g/mol. The van der Waals surface area contributed by atoms with Crippen LogP contribution in [0.5, 0.6) is 0 Å². The highest BCUT2D eigenvalue weighted by Crippen LogP contribution is 2.37. The summed E-state index contributed by atoms with van der Waals surface area (Å²) >= 11 is 1.45. The van der Waals surface area contributed by atoms with Gasteiger partial charge >= 0.3 is 0 Å². The molecule has 4 rings (SSSR count). The lowest BCUT2D eigenvalue weighted by molar-refractivity contribution is -0.143. The van der Waals surface area contributed by atoms with Crippen LogP contribution in [-0.2, 0) is 17.1 Å². The van der Waals surface area contributed by atoms with Crippen LogP contribution in [0.15, 0.2) is 65.7 Å². The van der Waals surface area contributed by atoms with Crippen molar-refractivity contribution in [2.75, 3.05) is 13.1 Å². The zero-order valence-electron chi connectivity index (χ0n) is 16.8. The van der Waals surface area contributed by atoms with E-state index in [2.05, 4.69) is 52.1 Å². The highest BCUT2D eigenvalue weighted by molar-refractivity contribution is 8.10. The summed E-state index contributed by atoms with van der Waals surface area (Å²) in [6.45, 7) is 4.86. The van der Waals surface area contributed by atoms with E-state index in [4.69, 9.17) is 4.99 Å². The van der Waals surface area contributed by atoms with Crippen LogP contribution in [0.1, 0.15) is 37.3 Å². The predicted octanol–water partition coefficient (Wildman–Crippen LogP) is 3.98. The van der Waals surface area contributed by atoms with Crippen molar-refractivity contribution in [3.63, 3.8) is 0 Å². The molecule has 1 unspecified atom stereocenters. The molecule has 0 bridgehead atoms. The van der Waals surface area contributed by atoms with E-state index in [-0.39, 0.29) is 11.9 Å². The molecule has 1 saturated heterocycles. The number of benzene rings is 2. The smallest absolute Gasteiger partial charge is 0.226 e. The van der Waals surface area contributed by atoms with Crippen molar-refractivity contribution in [2.24, 2.45) is 4.99 Å². The van der Waals surface area contributed by atoms with Crippen LogP contribution in [0.25, 0.3) is 0 Å². The minimum absolute atomic E-state index is 0.141. The number of aliphatic imine (C=N–C) groups is 1. The van der Waals surface area contributed by atoms with Gasteiger partial charge in [0.05, 0.1) is 5.55 Å². The summed E-state index contributed by atoms with van der Waals surface area (Å²) in [5.74, 6) is -0.673. The third-order valence-electron chi connectivity index (χ3n) is 5.76. The number of carbonyl (C=O) groups excluding carboxylic acids is 1. The van der Waals surface area contributed by atoms with Crippen molar-refractivity contribution in [3.8, 4) is 0 Å². The van der Waals surface area contributed by atoms with Crippen molar-refractivity contribution in [2.45, 2.75) is 44.6 Å². The SMILES string of the molecule is CCC(=O)N(C1CCN(Cc2ccccc2)CC1)C1(c2ccccc2)N=CSN1. The van der Waals surface area contributed by atoms with Gasteiger partial charge in [0, 0.05) is 37.7 Å². The van der Waals surface area contributed by atoms with E-state index in [1.165, 1.54) is 17.5 Å². The number of amides is 1. The van der Waals surface area contributed by atoms with Gasteiger partial charge in [-0.25, -0.2) is 9.71 Å².